The van der Waals surface area contributed by atoms with Gasteiger partial charge in [-0.15, -0.1) is 0 Å². The third kappa shape index (κ3) is 4.51. The van der Waals surface area contributed by atoms with Crippen LogP contribution in [0.3, 0.4) is 0 Å². The van der Waals surface area contributed by atoms with E-state index in [0.717, 1.165) is 24.1 Å². The number of carbonyl (C=O) groups excluding carboxylic acids is 1. The Hall–Kier alpha value is -2.24. The van der Waals surface area contributed by atoms with Crippen LogP contribution in [0.2, 0.25) is 0 Å². The molecule has 0 saturated carbocycles. The standard InChI is InChI=1S/C24H29FN2O2/c1-17-3-7-19(8-4-17)15-27-24(28)23(12-14-29-27)26-13-11-21(22(25)16-26)20-9-5-18(2)6-10-20/h3-10,21-23H,11-16H2,1-2H3/t21?,22-,23?/m1/s1. The van der Waals surface area contributed by atoms with Gasteiger partial charge in [-0.2, -0.15) is 0 Å². The van der Waals surface area contributed by atoms with E-state index in [1.54, 1.807) is 0 Å². The minimum atomic E-state index is -0.965. The summed E-state index contributed by atoms with van der Waals surface area (Å²) in [5.74, 6) is -0.150. The lowest BCUT2D eigenvalue weighted by Gasteiger charge is -2.42. The predicted molar refractivity (Wildman–Crippen MR) is 111 cm³/mol. The van der Waals surface area contributed by atoms with E-state index in [9.17, 15) is 4.79 Å². The highest BCUT2D eigenvalue weighted by Gasteiger charge is 2.39. The Morgan fingerprint density at radius 2 is 1.66 bits per heavy atom. The predicted octanol–water partition coefficient (Wildman–Crippen LogP) is 4.16. The zero-order chi connectivity index (χ0) is 20.4. The molecule has 0 aromatic heterocycles. The third-order valence-electron chi connectivity index (χ3n) is 6.14. The monoisotopic (exact) mass is 396 g/mol. The van der Waals surface area contributed by atoms with Gasteiger partial charge in [0.25, 0.3) is 5.91 Å². The van der Waals surface area contributed by atoms with Gasteiger partial charge in [-0.1, -0.05) is 59.7 Å². The van der Waals surface area contributed by atoms with Gasteiger partial charge in [-0.05, 0) is 44.4 Å². The van der Waals surface area contributed by atoms with Gasteiger partial charge in [0.2, 0.25) is 0 Å². The molecule has 2 aliphatic heterocycles. The highest BCUT2D eigenvalue weighted by molar-refractivity contribution is 5.81. The number of alkyl halides is 1. The van der Waals surface area contributed by atoms with Crippen LogP contribution >= 0.6 is 0 Å². The number of carbonyl (C=O) groups is 1. The van der Waals surface area contributed by atoms with E-state index in [1.807, 2.05) is 67.3 Å². The van der Waals surface area contributed by atoms with Gasteiger partial charge in [0.05, 0.1) is 19.2 Å². The Kier molecular flexibility index (Phi) is 5.97. The summed E-state index contributed by atoms with van der Waals surface area (Å²) in [5.41, 5.74) is 4.46. The molecular weight excluding hydrogens is 367 g/mol. The summed E-state index contributed by atoms with van der Waals surface area (Å²) in [7, 11) is 0. The van der Waals surface area contributed by atoms with Crippen LogP contribution in [0.15, 0.2) is 48.5 Å². The number of aryl methyl sites for hydroxylation is 2. The molecule has 154 valence electrons. The second kappa shape index (κ2) is 8.64. The van der Waals surface area contributed by atoms with Crippen molar-refractivity contribution in [1.29, 1.82) is 0 Å². The molecule has 4 rings (SSSR count). The lowest BCUT2D eigenvalue weighted by molar-refractivity contribution is -0.212. The normalized spacial score (nSPS) is 26.0. The van der Waals surface area contributed by atoms with Crippen LogP contribution in [0.25, 0.3) is 0 Å². The second-order valence-electron chi connectivity index (χ2n) is 8.31. The van der Waals surface area contributed by atoms with Gasteiger partial charge in [0.1, 0.15) is 6.17 Å². The number of nitrogens with zero attached hydrogens (tertiary/aromatic N) is 2. The third-order valence-corrected chi connectivity index (χ3v) is 6.14. The Balaban J connectivity index is 1.40. The summed E-state index contributed by atoms with van der Waals surface area (Å²) in [6.07, 6.45) is 0.380. The first-order valence-corrected chi connectivity index (χ1v) is 10.5. The number of rotatable bonds is 4. The summed E-state index contributed by atoms with van der Waals surface area (Å²) in [6, 6.07) is 15.9. The molecule has 0 N–H and O–H groups in total. The van der Waals surface area contributed by atoms with Gasteiger partial charge < -0.3 is 0 Å². The van der Waals surface area contributed by atoms with Crippen LogP contribution in [0.1, 0.15) is 41.0 Å². The van der Waals surface area contributed by atoms with Crippen molar-refractivity contribution < 1.29 is 14.0 Å². The average molecular weight is 397 g/mol. The molecule has 3 atom stereocenters. The fourth-order valence-electron chi connectivity index (χ4n) is 4.35. The topological polar surface area (TPSA) is 32.8 Å². The number of hydroxylamine groups is 2. The molecule has 5 heteroatoms. The van der Waals surface area contributed by atoms with Gasteiger partial charge in [-0.3, -0.25) is 14.5 Å². The molecular formula is C24H29FN2O2. The summed E-state index contributed by atoms with van der Waals surface area (Å²) in [5, 5.41) is 1.46. The summed E-state index contributed by atoms with van der Waals surface area (Å²) in [6.45, 7) is 6.01. The Morgan fingerprint density at radius 1 is 1.00 bits per heavy atom. The molecule has 2 unspecified atom stereocenters. The van der Waals surface area contributed by atoms with E-state index in [2.05, 4.69) is 0 Å². The highest BCUT2D eigenvalue weighted by Crippen LogP contribution is 2.33. The van der Waals surface area contributed by atoms with Crippen molar-refractivity contribution in [2.24, 2.45) is 0 Å². The van der Waals surface area contributed by atoms with Gasteiger partial charge in [-0.25, -0.2) is 9.45 Å². The Morgan fingerprint density at radius 3 is 2.31 bits per heavy atom. The Bertz CT molecular complexity index is 837. The molecule has 0 radical (unpaired) electrons. The summed E-state index contributed by atoms with van der Waals surface area (Å²) < 4.78 is 15.1. The number of benzene rings is 2. The number of likely N-dealkylation sites (tertiary alicyclic amines) is 1. The molecule has 2 heterocycles. The van der Waals surface area contributed by atoms with Crippen molar-refractivity contribution >= 4 is 5.91 Å². The average Bonchev–Trinajstić information content (AvgIpc) is 2.72. The smallest absolute Gasteiger partial charge is 0.263 e. The molecule has 0 spiro atoms. The van der Waals surface area contributed by atoms with Crippen LogP contribution in [0.4, 0.5) is 4.39 Å². The van der Waals surface area contributed by atoms with Gasteiger partial charge >= 0.3 is 0 Å². The first-order chi connectivity index (χ1) is 14.0. The van der Waals surface area contributed by atoms with E-state index in [4.69, 9.17) is 4.84 Å². The maximum Gasteiger partial charge on any atom is 0.263 e. The minimum Gasteiger partial charge on any atom is -0.289 e. The van der Waals surface area contributed by atoms with E-state index in [1.165, 1.54) is 16.2 Å². The zero-order valence-corrected chi connectivity index (χ0v) is 17.2. The highest BCUT2D eigenvalue weighted by atomic mass is 19.1. The molecule has 1 amide bonds. The second-order valence-corrected chi connectivity index (χ2v) is 8.31. The van der Waals surface area contributed by atoms with E-state index in [0.29, 0.717) is 26.1 Å². The van der Waals surface area contributed by atoms with E-state index >= 15 is 4.39 Å². The number of piperidine rings is 1. The number of hydrogen-bond acceptors (Lipinski definition) is 3. The van der Waals surface area contributed by atoms with Crippen molar-refractivity contribution in [3.63, 3.8) is 0 Å². The van der Waals surface area contributed by atoms with Crippen molar-refractivity contribution in [3.8, 4) is 0 Å². The van der Waals surface area contributed by atoms with Crippen LogP contribution in [-0.4, -0.2) is 47.8 Å². The molecule has 0 aliphatic carbocycles. The zero-order valence-electron chi connectivity index (χ0n) is 17.2. The molecule has 2 aromatic carbocycles. The summed E-state index contributed by atoms with van der Waals surface area (Å²) in [4.78, 5) is 20.7. The first kappa shape index (κ1) is 20.0. The van der Waals surface area contributed by atoms with E-state index < -0.39 is 6.17 Å². The van der Waals surface area contributed by atoms with Gasteiger partial charge in [0, 0.05) is 12.5 Å². The lowest BCUT2D eigenvalue weighted by atomic mass is 9.86. The molecule has 4 nitrogen and oxygen atoms in total. The minimum absolute atomic E-state index is 0.0576. The first-order valence-electron chi connectivity index (χ1n) is 10.5. The molecule has 29 heavy (non-hydrogen) atoms. The largest absolute Gasteiger partial charge is 0.289 e. The fraction of sp³-hybridized carbons (Fsp3) is 0.458. The van der Waals surface area contributed by atoms with Crippen LogP contribution in [0.5, 0.6) is 0 Å². The SMILES string of the molecule is Cc1ccc(CN2OCCC(N3CCC(c4ccc(C)cc4)[C@H](F)C3)C2=O)cc1. The maximum absolute atomic E-state index is 15.1. The van der Waals surface area contributed by atoms with E-state index in [-0.39, 0.29) is 17.9 Å². The lowest BCUT2D eigenvalue weighted by Crippen LogP contribution is -2.56. The number of hydrogen-bond donors (Lipinski definition) is 0. The van der Waals surface area contributed by atoms with Crippen molar-refractivity contribution in [3.05, 3.63) is 70.8 Å². The Labute approximate surface area is 172 Å². The van der Waals surface area contributed by atoms with Crippen molar-refractivity contribution in [2.75, 3.05) is 19.7 Å². The van der Waals surface area contributed by atoms with Crippen LogP contribution in [-0.2, 0) is 16.2 Å². The van der Waals surface area contributed by atoms with Crippen molar-refractivity contribution in [2.45, 2.75) is 51.4 Å². The molecule has 2 aliphatic rings. The number of amides is 1. The van der Waals surface area contributed by atoms with Crippen molar-refractivity contribution in [1.82, 2.24) is 9.96 Å². The molecule has 2 saturated heterocycles. The molecule has 2 aromatic rings. The quantitative estimate of drug-likeness (QED) is 0.778. The molecule has 2 fully saturated rings. The molecule has 0 bridgehead atoms. The summed E-state index contributed by atoms with van der Waals surface area (Å²) >= 11 is 0. The van der Waals surface area contributed by atoms with Gasteiger partial charge in [0.15, 0.2) is 0 Å². The maximum atomic E-state index is 15.1. The van der Waals surface area contributed by atoms with Crippen LogP contribution < -0.4 is 0 Å². The van der Waals surface area contributed by atoms with Crippen LogP contribution in [0, 0.1) is 13.8 Å². The number of halogens is 1. The fourth-order valence-corrected chi connectivity index (χ4v) is 4.35.